The molecule has 3 aliphatic heterocycles. The lowest BCUT2D eigenvalue weighted by Crippen LogP contribution is -2.60. The highest BCUT2D eigenvalue weighted by molar-refractivity contribution is 7.00. The molecule has 0 spiro atoms. The number of carbonyl (C=O) groups is 1. The molecule has 0 aliphatic carbocycles. The molecule has 0 saturated carbocycles. The first-order valence-corrected chi connectivity index (χ1v) is 13.9. The fraction of sp³-hybridized carbons (Fsp3) is 0.265. The number of nitrogens with zero attached hydrogens (tertiary/aromatic N) is 1. The molecule has 3 aliphatic rings. The molecule has 192 valence electrons. The van der Waals surface area contributed by atoms with Crippen molar-refractivity contribution < 1.29 is 13.9 Å². The summed E-state index contributed by atoms with van der Waals surface area (Å²) in [6.07, 6.45) is 1.47. The van der Waals surface area contributed by atoms with Crippen LogP contribution < -0.4 is 26.0 Å². The van der Waals surface area contributed by atoms with E-state index < -0.39 is 6.09 Å². The number of hydrogen-bond donors (Lipinski definition) is 0. The summed E-state index contributed by atoms with van der Waals surface area (Å²) in [4.78, 5) is 15.3. The van der Waals surface area contributed by atoms with E-state index in [2.05, 4.69) is 89.2 Å². The Morgan fingerprint density at radius 1 is 0.974 bits per heavy atom. The maximum absolute atomic E-state index is 13.6. The second-order valence-corrected chi connectivity index (χ2v) is 13.3. The van der Waals surface area contributed by atoms with E-state index in [9.17, 15) is 4.79 Å². The number of amides is 1. The minimum atomic E-state index is -0.417. The number of benzene rings is 4. The average Bonchev–Trinajstić information content (AvgIpc) is 3.25. The summed E-state index contributed by atoms with van der Waals surface area (Å²) in [6.45, 7) is 11.5. The van der Waals surface area contributed by atoms with Crippen molar-refractivity contribution in [3.63, 3.8) is 0 Å². The molecule has 4 aromatic carbocycles. The molecular formula is C34H30BNO3. The van der Waals surface area contributed by atoms with Crippen LogP contribution in [0.15, 0.2) is 71.1 Å². The minimum absolute atomic E-state index is 0.0615. The fourth-order valence-electron chi connectivity index (χ4n) is 7.24. The summed E-state index contributed by atoms with van der Waals surface area (Å²) in [5.74, 6) is 1.20. The second-order valence-electron chi connectivity index (χ2n) is 13.3. The molecular weight excluding hydrogens is 481 g/mol. The molecule has 0 saturated heterocycles. The van der Waals surface area contributed by atoms with E-state index in [0.717, 1.165) is 51.2 Å². The van der Waals surface area contributed by atoms with Crippen molar-refractivity contribution >= 4 is 62.5 Å². The monoisotopic (exact) mass is 511 g/mol. The third-order valence-corrected chi connectivity index (χ3v) is 8.83. The molecule has 1 aromatic heterocycles. The van der Waals surface area contributed by atoms with Gasteiger partial charge in [-0.3, -0.25) is 0 Å². The summed E-state index contributed by atoms with van der Waals surface area (Å²) >= 11 is 0. The van der Waals surface area contributed by atoms with Crippen molar-refractivity contribution in [2.24, 2.45) is 5.41 Å². The van der Waals surface area contributed by atoms with E-state index in [4.69, 9.17) is 9.15 Å². The van der Waals surface area contributed by atoms with Gasteiger partial charge in [0, 0.05) is 16.2 Å². The molecule has 5 heteroatoms. The van der Waals surface area contributed by atoms with Gasteiger partial charge in [-0.15, -0.1) is 0 Å². The molecule has 0 atom stereocenters. The second kappa shape index (κ2) is 7.35. The Bertz CT molecular complexity index is 1890. The van der Waals surface area contributed by atoms with E-state index in [-0.39, 0.29) is 17.5 Å². The van der Waals surface area contributed by atoms with Gasteiger partial charge in [-0.1, -0.05) is 99.7 Å². The van der Waals surface area contributed by atoms with E-state index in [1.807, 2.05) is 12.1 Å². The Balaban J connectivity index is 1.57. The summed E-state index contributed by atoms with van der Waals surface area (Å²) in [7, 11) is 0. The summed E-state index contributed by atoms with van der Waals surface area (Å²) in [5, 5.41) is 3.10. The quantitative estimate of drug-likeness (QED) is 0.242. The van der Waals surface area contributed by atoms with Crippen LogP contribution in [0.1, 0.15) is 51.3 Å². The van der Waals surface area contributed by atoms with Crippen LogP contribution in [0.4, 0.5) is 16.4 Å². The summed E-state index contributed by atoms with van der Waals surface area (Å²) < 4.78 is 12.5. The van der Waals surface area contributed by atoms with Crippen molar-refractivity contribution in [2.45, 2.75) is 52.9 Å². The van der Waals surface area contributed by atoms with Gasteiger partial charge in [-0.25, -0.2) is 9.69 Å². The van der Waals surface area contributed by atoms with Gasteiger partial charge in [0.15, 0.2) is 0 Å². The molecule has 0 radical (unpaired) electrons. The Hall–Kier alpha value is -3.99. The number of fused-ring (bicyclic) bond motifs is 5. The van der Waals surface area contributed by atoms with Gasteiger partial charge in [0.2, 0.25) is 5.88 Å². The molecule has 0 fully saturated rings. The van der Waals surface area contributed by atoms with E-state index in [1.54, 1.807) is 4.90 Å². The smallest absolute Gasteiger partial charge is 0.426 e. The Kier molecular flexibility index (Phi) is 4.33. The Morgan fingerprint density at radius 3 is 2.62 bits per heavy atom. The number of carbonyl (C=O) groups excluding carboxylic acids is 1. The normalized spacial score (nSPS) is 16.7. The molecule has 4 heterocycles. The zero-order valence-electron chi connectivity index (χ0n) is 23.0. The predicted octanol–water partition coefficient (Wildman–Crippen LogP) is 6.49. The lowest BCUT2D eigenvalue weighted by molar-refractivity contribution is 0.209. The van der Waals surface area contributed by atoms with Crippen molar-refractivity contribution in [3.8, 4) is 5.75 Å². The van der Waals surface area contributed by atoms with Crippen molar-refractivity contribution in [3.05, 3.63) is 83.4 Å². The zero-order valence-corrected chi connectivity index (χ0v) is 23.0. The zero-order chi connectivity index (χ0) is 26.8. The molecule has 39 heavy (non-hydrogen) atoms. The van der Waals surface area contributed by atoms with Crippen LogP contribution in [-0.4, -0.2) is 12.8 Å². The SMILES string of the molecule is CC(C)(C)Cc1cccc2c1B1c3ccc4cccc5c4c3N(C(=O)O5)c3oc4ccc(cc4c31)C(C)(C)C2. The van der Waals surface area contributed by atoms with Crippen LogP contribution >= 0.6 is 0 Å². The Morgan fingerprint density at radius 2 is 1.79 bits per heavy atom. The third kappa shape index (κ3) is 3.10. The molecule has 4 nitrogen and oxygen atoms in total. The molecule has 0 unspecified atom stereocenters. The van der Waals surface area contributed by atoms with Crippen molar-refractivity contribution in [1.29, 1.82) is 0 Å². The minimum Gasteiger partial charge on any atom is -0.440 e. The van der Waals surface area contributed by atoms with Gasteiger partial charge < -0.3 is 9.15 Å². The van der Waals surface area contributed by atoms with Crippen LogP contribution in [0.25, 0.3) is 21.7 Å². The number of anilines is 2. The van der Waals surface area contributed by atoms with Gasteiger partial charge in [0.25, 0.3) is 6.71 Å². The number of rotatable bonds is 1. The van der Waals surface area contributed by atoms with Crippen LogP contribution in [0, 0.1) is 5.41 Å². The van der Waals surface area contributed by atoms with Gasteiger partial charge >= 0.3 is 6.09 Å². The number of furan rings is 1. The van der Waals surface area contributed by atoms with E-state index in [0.29, 0.717) is 11.6 Å². The van der Waals surface area contributed by atoms with Crippen LogP contribution in [0.5, 0.6) is 5.75 Å². The molecule has 2 bridgehead atoms. The lowest BCUT2D eigenvalue weighted by Gasteiger charge is -2.37. The number of hydrogen-bond acceptors (Lipinski definition) is 3. The highest BCUT2D eigenvalue weighted by Gasteiger charge is 2.47. The van der Waals surface area contributed by atoms with Crippen molar-refractivity contribution in [2.75, 3.05) is 4.90 Å². The highest BCUT2D eigenvalue weighted by atomic mass is 16.6. The standard InChI is InChI=1S/C34H30BNO3/c1-33(2,3)17-20-9-6-10-21-18-34(4,5)22-13-15-25-23(16-22)29-31(38-25)36-30-24(35(29)28(20)21)14-12-19-8-7-11-26(27(19)30)39-32(36)37/h6-16H,17-18H2,1-5H3. The molecule has 1 amide bonds. The Labute approximate surface area is 228 Å². The summed E-state index contributed by atoms with van der Waals surface area (Å²) in [5.41, 5.74) is 9.30. The third-order valence-electron chi connectivity index (χ3n) is 8.83. The first-order valence-electron chi connectivity index (χ1n) is 13.9. The topological polar surface area (TPSA) is 42.7 Å². The van der Waals surface area contributed by atoms with Gasteiger partial charge in [0.1, 0.15) is 11.3 Å². The molecule has 0 N–H and O–H groups in total. The van der Waals surface area contributed by atoms with E-state index >= 15 is 0 Å². The first-order chi connectivity index (χ1) is 18.6. The van der Waals surface area contributed by atoms with Gasteiger partial charge in [-0.2, -0.15) is 0 Å². The highest BCUT2D eigenvalue weighted by Crippen LogP contribution is 2.45. The number of ether oxygens (including phenoxy) is 1. The predicted molar refractivity (Wildman–Crippen MR) is 159 cm³/mol. The van der Waals surface area contributed by atoms with Crippen LogP contribution in [0.3, 0.4) is 0 Å². The van der Waals surface area contributed by atoms with Crippen molar-refractivity contribution in [1.82, 2.24) is 0 Å². The largest absolute Gasteiger partial charge is 0.440 e. The molecule has 8 rings (SSSR count). The van der Waals surface area contributed by atoms with Crippen LogP contribution in [0.2, 0.25) is 0 Å². The van der Waals surface area contributed by atoms with Gasteiger partial charge in [0.05, 0.1) is 5.69 Å². The van der Waals surface area contributed by atoms with Gasteiger partial charge in [-0.05, 0) is 58.3 Å². The average molecular weight is 511 g/mol. The van der Waals surface area contributed by atoms with Crippen LogP contribution in [-0.2, 0) is 18.3 Å². The summed E-state index contributed by atoms with van der Waals surface area (Å²) in [6, 6.07) is 23.7. The van der Waals surface area contributed by atoms with E-state index in [1.165, 1.54) is 22.2 Å². The molecule has 5 aromatic rings. The maximum Gasteiger partial charge on any atom is 0.426 e. The fourth-order valence-corrected chi connectivity index (χ4v) is 7.24. The lowest BCUT2D eigenvalue weighted by atomic mass is 9.33. The maximum atomic E-state index is 13.6. The first kappa shape index (κ1) is 23.0.